The Kier molecular flexibility index (Phi) is 4.98. The summed E-state index contributed by atoms with van der Waals surface area (Å²) in [5.74, 6) is 0.473. The van der Waals surface area contributed by atoms with E-state index in [1.165, 1.54) is 26.4 Å². The van der Waals surface area contributed by atoms with E-state index in [4.69, 9.17) is 9.47 Å². The Balaban J connectivity index is 2.27. The molecule has 23 heavy (non-hydrogen) atoms. The number of nitrogens with zero attached hydrogens (tertiary/aromatic N) is 1. The topological polar surface area (TPSA) is 103 Å². The average molecular weight is 317 g/mol. The van der Waals surface area contributed by atoms with Gasteiger partial charge in [0.2, 0.25) is 0 Å². The number of nitrogens with one attached hydrogen (secondary N) is 2. The third-order valence-electron chi connectivity index (χ3n) is 2.98. The van der Waals surface area contributed by atoms with Gasteiger partial charge in [0.1, 0.15) is 5.69 Å². The lowest BCUT2D eigenvalue weighted by molar-refractivity contribution is -0.384. The van der Waals surface area contributed by atoms with Crippen LogP contribution in [0, 0.1) is 10.1 Å². The predicted octanol–water partition coefficient (Wildman–Crippen LogP) is 3.26. The number of anilines is 2. The molecule has 0 aliphatic heterocycles. The molecule has 0 bridgehead atoms. The van der Waals surface area contributed by atoms with Crippen molar-refractivity contribution >= 4 is 23.1 Å². The van der Waals surface area contributed by atoms with Crippen LogP contribution in [0.15, 0.2) is 42.5 Å². The first-order chi connectivity index (χ1) is 11.0. The van der Waals surface area contributed by atoms with Crippen molar-refractivity contribution in [2.45, 2.75) is 0 Å². The first kappa shape index (κ1) is 16.1. The monoisotopic (exact) mass is 317 g/mol. The van der Waals surface area contributed by atoms with E-state index in [2.05, 4.69) is 10.6 Å². The Morgan fingerprint density at radius 1 is 1.04 bits per heavy atom. The van der Waals surface area contributed by atoms with Gasteiger partial charge in [-0.05, 0) is 12.1 Å². The molecule has 2 aromatic carbocycles. The standard InChI is InChI=1S/C15H15N3O5/c1-22-13-8-11(12(18(20)21)9-14(13)23-2)17-15(19)16-10-6-4-3-5-7-10/h3-9H,1-2H3,(H2,16,17,19). The summed E-state index contributed by atoms with van der Waals surface area (Å²) in [6, 6.07) is 10.6. The van der Waals surface area contributed by atoms with Crippen molar-refractivity contribution in [3.05, 3.63) is 52.6 Å². The molecule has 0 fully saturated rings. The zero-order valence-electron chi connectivity index (χ0n) is 12.5. The van der Waals surface area contributed by atoms with E-state index in [-0.39, 0.29) is 22.9 Å². The van der Waals surface area contributed by atoms with Gasteiger partial charge in [-0.2, -0.15) is 0 Å². The number of nitro groups is 1. The molecule has 8 heteroatoms. The van der Waals surface area contributed by atoms with Crippen molar-refractivity contribution in [2.24, 2.45) is 0 Å². The molecule has 120 valence electrons. The highest BCUT2D eigenvalue weighted by Gasteiger charge is 2.21. The minimum absolute atomic E-state index is 0.00100. The second-order valence-corrected chi connectivity index (χ2v) is 4.43. The number of hydrogen-bond acceptors (Lipinski definition) is 5. The maximum Gasteiger partial charge on any atom is 0.323 e. The number of amides is 2. The van der Waals surface area contributed by atoms with Crippen LogP contribution in [0.2, 0.25) is 0 Å². The zero-order valence-corrected chi connectivity index (χ0v) is 12.5. The van der Waals surface area contributed by atoms with Crippen LogP contribution in [0.4, 0.5) is 21.9 Å². The lowest BCUT2D eigenvalue weighted by atomic mass is 10.2. The molecule has 2 aromatic rings. The fraction of sp³-hybridized carbons (Fsp3) is 0.133. The van der Waals surface area contributed by atoms with E-state index < -0.39 is 11.0 Å². The lowest BCUT2D eigenvalue weighted by Crippen LogP contribution is -2.20. The summed E-state index contributed by atoms with van der Waals surface area (Å²) in [5.41, 5.74) is 0.264. The molecule has 8 nitrogen and oxygen atoms in total. The molecule has 0 radical (unpaired) electrons. The van der Waals surface area contributed by atoms with Crippen LogP contribution < -0.4 is 20.1 Å². The second-order valence-electron chi connectivity index (χ2n) is 4.43. The average Bonchev–Trinajstić information content (AvgIpc) is 2.54. The smallest absolute Gasteiger partial charge is 0.323 e. The van der Waals surface area contributed by atoms with E-state index in [0.29, 0.717) is 5.69 Å². The maximum atomic E-state index is 12.0. The van der Waals surface area contributed by atoms with Crippen LogP contribution in [0.1, 0.15) is 0 Å². The van der Waals surface area contributed by atoms with E-state index in [0.717, 1.165) is 0 Å². The van der Waals surface area contributed by atoms with Gasteiger partial charge >= 0.3 is 6.03 Å². The number of ether oxygens (including phenoxy) is 2. The van der Waals surface area contributed by atoms with Gasteiger partial charge < -0.3 is 20.1 Å². The number of carbonyl (C=O) groups excluding carboxylic acids is 1. The molecule has 2 rings (SSSR count). The fourth-order valence-corrected chi connectivity index (χ4v) is 1.93. The van der Waals surface area contributed by atoms with Gasteiger partial charge in [-0.1, -0.05) is 18.2 Å². The number of benzene rings is 2. The van der Waals surface area contributed by atoms with E-state index in [9.17, 15) is 14.9 Å². The van der Waals surface area contributed by atoms with Gasteiger partial charge in [-0.15, -0.1) is 0 Å². The number of rotatable bonds is 5. The zero-order chi connectivity index (χ0) is 16.8. The van der Waals surface area contributed by atoms with Crippen LogP contribution in [-0.2, 0) is 0 Å². The first-order valence-electron chi connectivity index (χ1n) is 6.58. The third-order valence-corrected chi connectivity index (χ3v) is 2.98. The molecule has 0 atom stereocenters. The number of carbonyl (C=O) groups is 1. The van der Waals surface area contributed by atoms with Crippen LogP contribution in [0.5, 0.6) is 11.5 Å². The summed E-state index contributed by atoms with van der Waals surface area (Å²) in [6.07, 6.45) is 0. The minimum atomic E-state index is -0.611. The predicted molar refractivity (Wildman–Crippen MR) is 85.3 cm³/mol. The molecular formula is C15H15N3O5. The molecule has 0 spiro atoms. The lowest BCUT2D eigenvalue weighted by Gasteiger charge is -2.12. The Hall–Kier alpha value is -3.29. The quantitative estimate of drug-likeness (QED) is 0.651. The molecule has 0 aliphatic carbocycles. The summed E-state index contributed by atoms with van der Waals surface area (Å²) in [7, 11) is 2.77. The number of urea groups is 1. The van der Waals surface area contributed by atoms with Crippen molar-refractivity contribution in [2.75, 3.05) is 24.9 Å². The normalized spacial score (nSPS) is 9.83. The Bertz CT molecular complexity index is 719. The van der Waals surface area contributed by atoms with Gasteiger partial charge in [0.15, 0.2) is 11.5 Å². The van der Waals surface area contributed by atoms with E-state index in [1.54, 1.807) is 24.3 Å². The molecule has 2 N–H and O–H groups in total. The summed E-state index contributed by atoms with van der Waals surface area (Å²) in [6.45, 7) is 0. The summed E-state index contributed by atoms with van der Waals surface area (Å²) >= 11 is 0. The van der Waals surface area contributed by atoms with Gasteiger partial charge in [0.05, 0.1) is 25.2 Å². The molecule has 2 amide bonds. The highest BCUT2D eigenvalue weighted by atomic mass is 16.6. The molecule has 0 aromatic heterocycles. The fourth-order valence-electron chi connectivity index (χ4n) is 1.93. The van der Waals surface area contributed by atoms with Crippen LogP contribution in [-0.4, -0.2) is 25.2 Å². The van der Waals surface area contributed by atoms with Gasteiger partial charge in [-0.25, -0.2) is 4.79 Å². The minimum Gasteiger partial charge on any atom is -0.493 e. The summed E-state index contributed by atoms with van der Waals surface area (Å²) in [4.78, 5) is 22.5. The highest BCUT2D eigenvalue weighted by Crippen LogP contribution is 2.37. The van der Waals surface area contributed by atoms with E-state index in [1.807, 2.05) is 6.07 Å². The van der Waals surface area contributed by atoms with Crippen molar-refractivity contribution < 1.29 is 19.2 Å². The molecular weight excluding hydrogens is 302 g/mol. The Morgan fingerprint density at radius 2 is 1.65 bits per heavy atom. The number of nitro benzene ring substituents is 1. The molecule has 0 unspecified atom stereocenters. The SMILES string of the molecule is COc1cc(NC(=O)Nc2ccccc2)c([N+](=O)[O-])cc1OC. The van der Waals surface area contributed by atoms with Crippen molar-refractivity contribution in [3.8, 4) is 11.5 Å². The molecule has 0 aliphatic rings. The number of hydrogen-bond donors (Lipinski definition) is 2. The van der Waals surface area contributed by atoms with Crippen LogP contribution in [0.3, 0.4) is 0 Å². The molecule has 0 heterocycles. The van der Waals surface area contributed by atoms with Crippen molar-refractivity contribution in [1.29, 1.82) is 0 Å². The Labute approximate surface area is 132 Å². The van der Waals surface area contributed by atoms with Crippen molar-refractivity contribution in [1.82, 2.24) is 0 Å². The van der Waals surface area contributed by atoms with Gasteiger partial charge in [0.25, 0.3) is 5.69 Å². The Morgan fingerprint density at radius 3 is 2.22 bits per heavy atom. The third kappa shape index (κ3) is 3.88. The van der Waals surface area contributed by atoms with E-state index >= 15 is 0 Å². The maximum absolute atomic E-state index is 12.0. The van der Waals surface area contributed by atoms with Crippen LogP contribution >= 0.6 is 0 Å². The van der Waals surface area contributed by atoms with Gasteiger partial charge in [0, 0.05) is 11.8 Å². The first-order valence-corrected chi connectivity index (χ1v) is 6.58. The van der Waals surface area contributed by atoms with Gasteiger partial charge in [-0.3, -0.25) is 10.1 Å². The number of methoxy groups -OCH3 is 2. The summed E-state index contributed by atoms with van der Waals surface area (Å²) < 4.78 is 10.1. The van der Waals surface area contributed by atoms with Crippen LogP contribution in [0.25, 0.3) is 0 Å². The molecule has 0 saturated carbocycles. The van der Waals surface area contributed by atoms with Crippen molar-refractivity contribution in [3.63, 3.8) is 0 Å². The number of para-hydroxylation sites is 1. The second kappa shape index (κ2) is 7.12. The molecule has 0 saturated heterocycles. The summed E-state index contributed by atoms with van der Waals surface area (Å²) in [5, 5.41) is 16.2. The highest BCUT2D eigenvalue weighted by molar-refractivity contribution is 6.01. The largest absolute Gasteiger partial charge is 0.493 e.